The summed E-state index contributed by atoms with van der Waals surface area (Å²) in [6, 6.07) is 20.0. The lowest BCUT2D eigenvalue weighted by molar-refractivity contribution is -0.753. The molecule has 8 heteroatoms. The number of carboxylic acids is 1. The van der Waals surface area contributed by atoms with Gasteiger partial charge in [-0.05, 0) is 78.7 Å². The molecule has 3 aromatic carbocycles. The molecule has 3 aromatic rings. The van der Waals surface area contributed by atoms with Crippen LogP contribution < -0.4 is 24.1 Å². The van der Waals surface area contributed by atoms with Gasteiger partial charge in [-0.1, -0.05) is 13.0 Å². The topological polar surface area (TPSA) is 97.4 Å². The maximum atomic E-state index is 11.2. The summed E-state index contributed by atoms with van der Waals surface area (Å²) in [6.45, 7) is 5.02. The molecule has 0 fully saturated rings. The van der Waals surface area contributed by atoms with Crippen LogP contribution in [0, 0.1) is 0 Å². The number of rotatable bonds is 14. The van der Waals surface area contributed by atoms with Gasteiger partial charge in [0, 0.05) is 6.07 Å². The van der Waals surface area contributed by atoms with Gasteiger partial charge in [0.2, 0.25) is 0 Å². The highest BCUT2D eigenvalue weighted by Crippen LogP contribution is 2.26. The molecule has 0 aliphatic rings. The molecule has 3 rings (SSSR count). The Kier molecular flexibility index (Phi) is 10.00. The maximum Gasteiger partial charge on any atom is 0.307 e. The molecular formula is C28H32NO7+. The van der Waals surface area contributed by atoms with Crippen LogP contribution in [0.4, 0.5) is 0 Å². The molecule has 0 saturated carbocycles. The fourth-order valence-electron chi connectivity index (χ4n) is 3.34. The van der Waals surface area contributed by atoms with Crippen molar-refractivity contribution >= 4 is 11.7 Å². The minimum atomic E-state index is -0.926. The summed E-state index contributed by atoms with van der Waals surface area (Å²) < 4.78 is 22.8. The normalized spacial score (nSPS) is 11.0. The third-order valence-corrected chi connectivity index (χ3v) is 4.97. The second-order valence-corrected chi connectivity index (χ2v) is 7.84. The summed E-state index contributed by atoms with van der Waals surface area (Å²) in [7, 11) is 1.62. The average molecular weight is 495 g/mol. The average Bonchev–Trinajstić information content (AvgIpc) is 2.86. The molecule has 0 radical (unpaired) electrons. The predicted molar refractivity (Wildman–Crippen MR) is 135 cm³/mol. The number of carboxylic acid groups (broad SMARTS) is 1. The molecule has 0 amide bonds. The van der Waals surface area contributed by atoms with E-state index in [4.69, 9.17) is 23.8 Å². The fourth-order valence-corrected chi connectivity index (χ4v) is 3.34. The van der Waals surface area contributed by atoms with E-state index < -0.39 is 5.97 Å². The molecule has 190 valence electrons. The van der Waals surface area contributed by atoms with Crippen molar-refractivity contribution < 1.29 is 38.8 Å². The highest BCUT2D eigenvalue weighted by molar-refractivity contribution is 5.97. The Balaban J connectivity index is 1.80. The standard InChI is InChI=1S/C28H31NO7/c1-4-13-35-29-27(19-34-26-15-20(16-28(30)31)14-25(18-26)33-5-2)21-7-6-8-24(17-21)36-23-11-9-22(32-3)10-12-23/h6-12,14-15,17-18H,4-5,13,16,19H2,1-3H3,(H,30,31)/p+1/b29-27+. The highest BCUT2D eigenvalue weighted by Gasteiger charge is 2.16. The highest BCUT2D eigenvalue weighted by atomic mass is 16.6. The molecule has 36 heavy (non-hydrogen) atoms. The molecule has 0 heterocycles. The molecule has 0 spiro atoms. The summed E-state index contributed by atoms with van der Waals surface area (Å²) in [4.78, 5) is 16.8. The van der Waals surface area contributed by atoms with Crippen molar-refractivity contribution in [2.45, 2.75) is 26.7 Å². The molecule has 0 unspecified atom stereocenters. The van der Waals surface area contributed by atoms with Gasteiger partial charge in [-0.2, -0.15) is 0 Å². The number of hydrogen-bond acceptors (Lipinski definition) is 6. The van der Waals surface area contributed by atoms with Crippen molar-refractivity contribution in [1.29, 1.82) is 0 Å². The number of nitrogens with one attached hydrogen (secondary N) is 1. The van der Waals surface area contributed by atoms with E-state index in [0.717, 1.165) is 17.7 Å². The zero-order valence-electron chi connectivity index (χ0n) is 20.8. The Bertz CT molecular complexity index is 1160. The summed E-state index contributed by atoms with van der Waals surface area (Å²) in [6.07, 6.45) is 0.715. The van der Waals surface area contributed by atoms with Gasteiger partial charge in [-0.25, -0.2) is 0 Å². The lowest BCUT2D eigenvalue weighted by Gasteiger charge is -2.11. The van der Waals surface area contributed by atoms with Crippen LogP contribution >= 0.6 is 0 Å². The van der Waals surface area contributed by atoms with Crippen molar-refractivity contribution in [1.82, 2.24) is 0 Å². The van der Waals surface area contributed by atoms with Crippen molar-refractivity contribution in [2.75, 3.05) is 26.9 Å². The third-order valence-electron chi connectivity index (χ3n) is 4.97. The minimum absolute atomic E-state index is 0.129. The molecule has 0 aliphatic carbocycles. The number of benzene rings is 3. The van der Waals surface area contributed by atoms with Crippen LogP contribution in [0.5, 0.6) is 28.7 Å². The molecule has 0 aliphatic heterocycles. The first-order valence-electron chi connectivity index (χ1n) is 11.8. The molecule has 8 nitrogen and oxygen atoms in total. The largest absolute Gasteiger partial charge is 0.497 e. The van der Waals surface area contributed by atoms with E-state index in [-0.39, 0.29) is 13.0 Å². The van der Waals surface area contributed by atoms with E-state index in [9.17, 15) is 9.90 Å². The lowest BCUT2D eigenvalue weighted by Crippen LogP contribution is -2.73. The van der Waals surface area contributed by atoms with E-state index in [0.29, 0.717) is 47.5 Å². The number of ether oxygens (including phenoxy) is 4. The van der Waals surface area contributed by atoms with E-state index in [2.05, 4.69) is 5.16 Å². The van der Waals surface area contributed by atoms with Crippen LogP contribution in [-0.4, -0.2) is 43.7 Å². The van der Waals surface area contributed by atoms with Crippen molar-refractivity contribution in [3.05, 3.63) is 77.9 Å². The van der Waals surface area contributed by atoms with Crippen LogP contribution in [0.3, 0.4) is 0 Å². The Hall–Kier alpha value is -4.20. The third kappa shape index (κ3) is 8.23. The molecule has 0 saturated heterocycles. The van der Waals surface area contributed by atoms with Crippen molar-refractivity contribution in [2.24, 2.45) is 0 Å². The molecule has 2 N–H and O–H groups in total. The van der Waals surface area contributed by atoms with Gasteiger partial charge in [-0.3, -0.25) is 9.63 Å². The Morgan fingerprint density at radius 3 is 2.25 bits per heavy atom. The van der Waals surface area contributed by atoms with Crippen LogP contribution in [0.2, 0.25) is 0 Å². The minimum Gasteiger partial charge on any atom is -0.497 e. The van der Waals surface area contributed by atoms with Gasteiger partial charge in [0.1, 0.15) is 28.7 Å². The monoisotopic (exact) mass is 494 g/mol. The van der Waals surface area contributed by atoms with Crippen molar-refractivity contribution in [3.63, 3.8) is 0 Å². The first-order chi connectivity index (χ1) is 17.5. The van der Waals surface area contributed by atoms with E-state index in [1.165, 1.54) is 0 Å². The number of methoxy groups -OCH3 is 1. The zero-order valence-corrected chi connectivity index (χ0v) is 20.8. The maximum absolute atomic E-state index is 11.2. The van der Waals surface area contributed by atoms with Crippen LogP contribution in [0.15, 0.2) is 66.7 Å². The van der Waals surface area contributed by atoms with Crippen molar-refractivity contribution in [3.8, 4) is 28.7 Å². The van der Waals surface area contributed by atoms with Gasteiger partial charge >= 0.3 is 5.97 Å². The van der Waals surface area contributed by atoms with E-state index >= 15 is 0 Å². The van der Waals surface area contributed by atoms with Gasteiger partial charge in [0.05, 0.1) is 25.7 Å². The van der Waals surface area contributed by atoms with E-state index in [1.54, 1.807) is 25.3 Å². The summed E-state index contributed by atoms with van der Waals surface area (Å²) in [5, 5.41) is 12.2. The Morgan fingerprint density at radius 2 is 1.58 bits per heavy atom. The molecule has 0 atom stereocenters. The smallest absolute Gasteiger partial charge is 0.307 e. The van der Waals surface area contributed by atoms with E-state index in [1.807, 2.05) is 62.4 Å². The zero-order chi connectivity index (χ0) is 25.8. The fraction of sp³-hybridized carbons (Fsp3) is 0.286. The second kappa shape index (κ2) is 13.6. The summed E-state index contributed by atoms with van der Waals surface area (Å²) in [5.41, 5.74) is 2.10. The summed E-state index contributed by atoms with van der Waals surface area (Å²) >= 11 is 0. The van der Waals surface area contributed by atoms with Crippen LogP contribution in [0.25, 0.3) is 0 Å². The van der Waals surface area contributed by atoms with Gasteiger partial charge in [0.25, 0.3) is 5.71 Å². The van der Waals surface area contributed by atoms with Gasteiger partial charge < -0.3 is 24.1 Å². The lowest BCUT2D eigenvalue weighted by atomic mass is 10.1. The first kappa shape index (κ1) is 26.4. The first-order valence-corrected chi connectivity index (χ1v) is 11.8. The SMILES string of the molecule is CCCO/[NH+]=C(\COc1cc(CC(=O)O)cc(OCC)c1)c1cccc(Oc2ccc(OC)cc2)c1. The number of carbonyl (C=O) groups is 1. The molecule has 0 aromatic heterocycles. The molecular weight excluding hydrogens is 462 g/mol. The quantitative estimate of drug-likeness (QED) is 0.200. The molecule has 0 bridgehead atoms. The van der Waals surface area contributed by atoms with Crippen LogP contribution in [-0.2, 0) is 16.1 Å². The number of hydrogen-bond donors (Lipinski definition) is 2. The van der Waals surface area contributed by atoms with Gasteiger partial charge in [0.15, 0.2) is 13.2 Å². The predicted octanol–water partition coefficient (Wildman–Crippen LogP) is 3.80. The number of aliphatic carboxylic acids is 1. The summed E-state index contributed by atoms with van der Waals surface area (Å²) in [5.74, 6) is 2.20. The van der Waals surface area contributed by atoms with Gasteiger partial charge in [-0.15, -0.1) is 0 Å². The second-order valence-electron chi connectivity index (χ2n) is 7.84. The Morgan fingerprint density at radius 1 is 0.861 bits per heavy atom. The van der Waals surface area contributed by atoms with Crippen LogP contribution in [0.1, 0.15) is 31.4 Å². The Labute approximate surface area is 211 Å².